The van der Waals surface area contributed by atoms with Crippen molar-refractivity contribution >= 4 is 5.97 Å². The fourth-order valence-electron chi connectivity index (χ4n) is 3.13. The average Bonchev–Trinajstić information content (AvgIpc) is 2.72. The molecule has 3 nitrogen and oxygen atoms in total. The minimum atomic E-state index is -4.35. The van der Waals surface area contributed by atoms with E-state index in [1.54, 1.807) is 12.1 Å². The number of ether oxygens (including phenoxy) is 1. The van der Waals surface area contributed by atoms with E-state index < -0.39 is 17.7 Å². The fraction of sp³-hybridized carbons (Fsp3) is 0.208. The number of carbonyl (C=O) groups is 1. The maximum Gasteiger partial charge on any atom is 0.416 e. The van der Waals surface area contributed by atoms with E-state index in [9.17, 15) is 18.0 Å². The molecule has 0 aromatic heterocycles. The maximum atomic E-state index is 12.7. The monoisotopic (exact) mass is 414 g/mol. The molecule has 30 heavy (non-hydrogen) atoms. The highest BCUT2D eigenvalue weighted by Crippen LogP contribution is 2.31. The first kappa shape index (κ1) is 21.4. The van der Waals surface area contributed by atoms with E-state index in [1.165, 1.54) is 12.1 Å². The molecule has 0 spiro atoms. The normalized spacial score (nSPS) is 12.4. The lowest BCUT2D eigenvalue weighted by Gasteiger charge is -2.12. The van der Waals surface area contributed by atoms with Crippen LogP contribution >= 0.6 is 0 Å². The number of aliphatic carboxylic acids is 1. The summed E-state index contributed by atoms with van der Waals surface area (Å²) in [5.74, 6) is -0.270. The third-order valence-corrected chi connectivity index (χ3v) is 4.81. The standard InChI is InChI=1S/C24H21F3O3/c1-16(13-23(28)29)18-7-11-22(12-8-18)30-15-17-3-2-4-20(14-17)19-5-9-21(10-6-19)24(25,26)27/h2-12,14,16H,13,15H2,1H3,(H,28,29). The lowest BCUT2D eigenvalue weighted by atomic mass is 9.98. The van der Waals surface area contributed by atoms with Crippen molar-refractivity contribution in [3.63, 3.8) is 0 Å². The molecule has 0 saturated heterocycles. The zero-order chi connectivity index (χ0) is 21.7. The minimum Gasteiger partial charge on any atom is -0.489 e. The van der Waals surface area contributed by atoms with Gasteiger partial charge in [0.2, 0.25) is 0 Å². The molecular formula is C24H21F3O3. The number of carboxylic acids is 1. The van der Waals surface area contributed by atoms with Crippen LogP contribution in [-0.4, -0.2) is 11.1 Å². The van der Waals surface area contributed by atoms with Crippen LogP contribution in [0.4, 0.5) is 13.2 Å². The van der Waals surface area contributed by atoms with Crippen molar-refractivity contribution < 1.29 is 27.8 Å². The van der Waals surface area contributed by atoms with Gasteiger partial charge in [0.1, 0.15) is 12.4 Å². The summed E-state index contributed by atoms with van der Waals surface area (Å²) in [5, 5.41) is 8.89. The van der Waals surface area contributed by atoms with Gasteiger partial charge >= 0.3 is 12.1 Å². The molecule has 0 saturated carbocycles. The zero-order valence-corrected chi connectivity index (χ0v) is 16.3. The molecule has 156 valence electrons. The molecule has 1 N–H and O–H groups in total. The first-order valence-electron chi connectivity index (χ1n) is 9.43. The number of alkyl halides is 3. The van der Waals surface area contributed by atoms with Crippen LogP contribution in [0.25, 0.3) is 11.1 Å². The van der Waals surface area contributed by atoms with Gasteiger partial charge in [0, 0.05) is 0 Å². The molecule has 0 radical (unpaired) electrons. The van der Waals surface area contributed by atoms with E-state index in [2.05, 4.69) is 0 Å². The van der Waals surface area contributed by atoms with E-state index in [1.807, 2.05) is 43.3 Å². The van der Waals surface area contributed by atoms with Crippen LogP contribution < -0.4 is 4.74 Å². The van der Waals surface area contributed by atoms with E-state index in [4.69, 9.17) is 9.84 Å². The second-order valence-corrected chi connectivity index (χ2v) is 7.13. The highest BCUT2D eigenvalue weighted by molar-refractivity contribution is 5.68. The van der Waals surface area contributed by atoms with Crippen LogP contribution in [-0.2, 0) is 17.6 Å². The van der Waals surface area contributed by atoms with Gasteiger partial charge in [-0.3, -0.25) is 4.79 Å². The van der Waals surface area contributed by atoms with Crippen molar-refractivity contribution in [1.82, 2.24) is 0 Å². The highest BCUT2D eigenvalue weighted by Gasteiger charge is 2.29. The Labute approximate surface area is 172 Å². The van der Waals surface area contributed by atoms with Crippen molar-refractivity contribution in [1.29, 1.82) is 0 Å². The summed E-state index contributed by atoms with van der Waals surface area (Å²) in [4.78, 5) is 10.8. The van der Waals surface area contributed by atoms with Gasteiger partial charge in [-0.2, -0.15) is 13.2 Å². The number of benzene rings is 3. The van der Waals surface area contributed by atoms with Crippen molar-refractivity contribution in [2.24, 2.45) is 0 Å². The van der Waals surface area contributed by atoms with Gasteiger partial charge in [-0.25, -0.2) is 0 Å². The zero-order valence-electron chi connectivity index (χ0n) is 16.3. The Morgan fingerprint density at radius 3 is 2.23 bits per heavy atom. The van der Waals surface area contributed by atoms with Gasteiger partial charge in [0.05, 0.1) is 12.0 Å². The highest BCUT2D eigenvalue weighted by atomic mass is 19.4. The third kappa shape index (κ3) is 5.63. The van der Waals surface area contributed by atoms with Crippen molar-refractivity contribution in [2.45, 2.75) is 32.0 Å². The molecule has 3 rings (SSSR count). The van der Waals surface area contributed by atoms with Crippen molar-refractivity contribution in [2.75, 3.05) is 0 Å². The van der Waals surface area contributed by atoms with Crippen LogP contribution in [0, 0.1) is 0 Å². The number of rotatable bonds is 7. The maximum absolute atomic E-state index is 12.7. The Hall–Kier alpha value is -3.28. The molecule has 0 aliphatic carbocycles. The number of hydrogen-bond donors (Lipinski definition) is 1. The summed E-state index contributed by atoms with van der Waals surface area (Å²) in [5.41, 5.74) is 2.64. The van der Waals surface area contributed by atoms with E-state index in [-0.39, 0.29) is 12.3 Å². The lowest BCUT2D eigenvalue weighted by molar-refractivity contribution is -0.138. The molecular weight excluding hydrogens is 393 g/mol. The Morgan fingerprint density at radius 2 is 1.63 bits per heavy atom. The average molecular weight is 414 g/mol. The van der Waals surface area contributed by atoms with Gasteiger partial charge < -0.3 is 9.84 Å². The minimum absolute atomic E-state index is 0.0664. The largest absolute Gasteiger partial charge is 0.489 e. The molecule has 1 unspecified atom stereocenters. The second-order valence-electron chi connectivity index (χ2n) is 7.13. The third-order valence-electron chi connectivity index (χ3n) is 4.81. The predicted molar refractivity (Wildman–Crippen MR) is 108 cm³/mol. The molecule has 0 bridgehead atoms. The van der Waals surface area contributed by atoms with Crippen molar-refractivity contribution in [3.05, 3.63) is 89.5 Å². The van der Waals surface area contributed by atoms with Crippen LogP contribution in [0.15, 0.2) is 72.8 Å². The molecule has 0 aliphatic rings. The summed E-state index contributed by atoms with van der Waals surface area (Å²) in [6.45, 7) is 2.16. The smallest absolute Gasteiger partial charge is 0.416 e. The Balaban J connectivity index is 1.65. The topological polar surface area (TPSA) is 46.5 Å². The molecule has 1 atom stereocenters. The summed E-state index contributed by atoms with van der Waals surface area (Å²) in [6.07, 6.45) is -4.29. The first-order chi connectivity index (χ1) is 14.2. The van der Waals surface area contributed by atoms with Crippen LogP contribution in [0.5, 0.6) is 5.75 Å². The molecule has 0 fully saturated rings. The Bertz CT molecular complexity index is 993. The van der Waals surface area contributed by atoms with E-state index in [0.717, 1.165) is 28.8 Å². The van der Waals surface area contributed by atoms with Crippen LogP contribution in [0.1, 0.15) is 36.0 Å². The molecule has 0 aliphatic heterocycles. The lowest BCUT2D eigenvalue weighted by Crippen LogP contribution is -2.04. The van der Waals surface area contributed by atoms with Gasteiger partial charge in [0.15, 0.2) is 0 Å². The number of carboxylic acid groups (broad SMARTS) is 1. The SMILES string of the molecule is CC(CC(=O)O)c1ccc(OCc2cccc(-c3ccc(C(F)(F)F)cc3)c2)cc1. The van der Waals surface area contributed by atoms with E-state index >= 15 is 0 Å². The Morgan fingerprint density at radius 1 is 0.967 bits per heavy atom. The first-order valence-corrected chi connectivity index (χ1v) is 9.43. The van der Waals surface area contributed by atoms with Gasteiger partial charge in [-0.05, 0) is 58.5 Å². The van der Waals surface area contributed by atoms with E-state index in [0.29, 0.717) is 17.9 Å². The summed E-state index contributed by atoms with van der Waals surface area (Å²) >= 11 is 0. The number of hydrogen-bond acceptors (Lipinski definition) is 2. The van der Waals surface area contributed by atoms with Crippen LogP contribution in [0.3, 0.4) is 0 Å². The predicted octanol–water partition coefficient (Wildman–Crippen LogP) is 6.53. The summed E-state index contributed by atoms with van der Waals surface area (Å²) in [6, 6.07) is 19.8. The molecule has 6 heteroatoms. The van der Waals surface area contributed by atoms with Crippen LogP contribution in [0.2, 0.25) is 0 Å². The molecule has 0 heterocycles. The Kier molecular flexibility index (Phi) is 6.45. The molecule has 3 aromatic rings. The molecule has 3 aromatic carbocycles. The van der Waals surface area contributed by atoms with Crippen molar-refractivity contribution in [3.8, 4) is 16.9 Å². The quantitative estimate of drug-likeness (QED) is 0.478. The fourth-order valence-corrected chi connectivity index (χ4v) is 3.13. The van der Waals surface area contributed by atoms with Gasteiger partial charge in [0.25, 0.3) is 0 Å². The van der Waals surface area contributed by atoms with Gasteiger partial charge in [-0.1, -0.05) is 49.4 Å². The van der Waals surface area contributed by atoms with Gasteiger partial charge in [-0.15, -0.1) is 0 Å². The second kappa shape index (κ2) is 9.03. The summed E-state index contributed by atoms with van der Waals surface area (Å²) in [7, 11) is 0. The number of halogens is 3. The summed E-state index contributed by atoms with van der Waals surface area (Å²) < 4.78 is 44.0. The molecule has 0 amide bonds.